The minimum absolute atomic E-state index is 0.0994. The Morgan fingerprint density at radius 3 is 2.81 bits per heavy atom. The molecule has 3 aromatic rings. The Bertz CT molecular complexity index is 1320. The molecule has 0 radical (unpaired) electrons. The van der Waals surface area contributed by atoms with Crippen LogP contribution >= 0.6 is 0 Å². The van der Waals surface area contributed by atoms with Crippen molar-refractivity contribution in [2.24, 2.45) is 0 Å². The maximum Gasteiger partial charge on any atom is 0.258 e. The van der Waals surface area contributed by atoms with Crippen LogP contribution in [0.5, 0.6) is 5.75 Å². The Morgan fingerprint density at radius 1 is 1.32 bits per heavy atom. The normalized spacial score (nSPS) is 19.3. The van der Waals surface area contributed by atoms with Gasteiger partial charge in [-0.05, 0) is 44.8 Å². The molecule has 0 amide bonds. The summed E-state index contributed by atoms with van der Waals surface area (Å²) in [7, 11) is 3.90. The van der Waals surface area contributed by atoms with E-state index in [1.165, 1.54) is 0 Å². The van der Waals surface area contributed by atoms with Crippen LogP contribution < -0.4 is 5.56 Å². The van der Waals surface area contributed by atoms with Gasteiger partial charge in [-0.25, -0.2) is 4.98 Å². The van der Waals surface area contributed by atoms with Crippen LogP contribution in [0.4, 0.5) is 0 Å². The van der Waals surface area contributed by atoms with E-state index in [0.29, 0.717) is 36.3 Å². The van der Waals surface area contributed by atoms with Crippen molar-refractivity contribution < 1.29 is 14.9 Å². The molecule has 0 aliphatic carbocycles. The summed E-state index contributed by atoms with van der Waals surface area (Å²) in [6.07, 6.45) is 0.354. The number of fused-ring (bicyclic) bond motifs is 5. The summed E-state index contributed by atoms with van der Waals surface area (Å²) in [5.41, 5.74) is 3.33. The Balaban J connectivity index is 1.75. The summed E-state index contributed by atoms with van der Waals surface area (Å²) in [4.78, 5) is 20.2. The van der Waals surface area contributed by atoms with Crippen molar-refractivity contribution in [2.75, 3.05) is 14.1 Å². The van der Waals surface area contributed by atoms with Gasteiger partial charge in [0.1, 0.15) is 23.7 Å². The molecule has 31 heavy (non-hydrogen) atoms. The molecule has 2 aromatic heterocycles. The fourth-order valence-corrected chi connectivity index (χ4v) is 4.70. The molecule has 1 atom stereocenters. The molecular formula is C24H25N3O4. The van der Waals surface area contributed by atoms with Crippen LogP contribution in [-0.2, 0) is 30.0 Å². The topological polar surface area (TPSA) is 87.8 Å². The lowest BCUT2D eigenvalue weighted by Crippen LogP contribution is -2.38. The van der Waals surface area contributed by atoms with Crippen molar-refractivity contribution in [3.8, 4) is 17.1 Å². The maximum atomic E-state index is 13.3. The number of nitrogens with zero attached hydrogens (tertiary/aromatic N) is 3. The van der Waals surface area contributed by atoms with E-state index >= 15 is 0 Å². The molecule has 7 nitrogen and oxygen atoms in total. The summed E-state index contributed by atoms with van der Waals surface area (Å²) in [6.45, 7) is 6.77. The summed E-state index contributed by atoms with van der Waals surface area (Å²) in [6, 6.07) is 7.33. The predicted octanol–water partition coefficient (Wildman–Crippen LogP) is 2.83. The molecular weight excluding hydrogens is 394 g/mol. The third kappa shape index (κ3) is 2.73. The molecule has 2 aliphatic heterocycles. The molecule has 0 saturated carbocycles. The lowest BCUT2D eigenvalue weighted by molar-refractivity contribution is -0.0172. The molecule has 0 unspecified atom stereocenters. The number of phenols is 1. The van der Waals surface area contributed by atoms with E-state index in [0.717, 1.165) is 27.7 Å². The van der Waals surface area contributed by atoms with E-state index in [-0.39, 0.29) is 23.7 Å². The second-order valence-corrected chi connectivity index (χ2v) is 8.60. The SMILES string of the molecule is C=C1OCc2c(cc3n(c2=O)Cc2cc4c(CN(C)C)c(O)ccc4nc2-3)[C@@]1(O)CC. The molecule has 160 valence electrons. The minimum atomic E-state index is -1.40. The fourth-order valence-electron chi connectivity index (χ4n) is 4.70. The fraction of sp³-hybridized carbons (Fsp3) is 0.333. The van der Waals surface area contributed by atoms with E-state index in [1.807, 2.05) is 38.1 Å². The van der Waals surface area contributed by atoms with Crippen LogP contribution in [0.25, 0.3) is 22.3 Å². The third-order valence-electron chi connectivity index (χ3n) is 6.42. The van der Waals surface area contributed by atoms with Gasteiger partial charge in [0.2, 0.25) is 0 Å². The zero-order valence-electron chi connectivity index (χ0n) is 17.9. The highest BCUT2D eigenvalue weighted by Gasteiger charge is 2.41. The maximum absolute atomic E-state index is 13.3. The molecule has 2 N–H and O–H groups in total. The summed E-state index contributed by atoms with van der Waals surface area (Å²) in [5.74, 6) is 0.495. The van der Waals surface area contributed by atoms with E-state index in [9.17, 15) is 15.0 Å². The summed E-state index contributed by atoms with van der Waals surface area (Å²) >= 11 is 0. The van der Waals surface area contributed by atoms with Crippen LogP contribution in [0.15, 0.2) is 41.4 Å². The van der Waals surface area contributed by atoms with Gasteiger partial charge in [-0.3, -0.25) is 4.79 Å². The van der Waals surface area contributed by atoms with E-state index < -0.39 is 5.60 Å². The van der Waals surface area contributed by atoms with Gasteiger partial charge in [-0.1, -0.05) is 13.5 Å². The summed E-state index contributed by atoms with van der Waals surface area (Å²) < 4.78 is 7.24. The van der Waals surface area contributed by atoms with Crippen LogP contribution in [0.2, 0.25) is 0 Å². The number of aromatic hydroxyl groups is 1. The molecule has 2 aliphatic rings. The highest BCUT2D eigenvalue weighted by Crippen LogP contribution is 2.42. The Morgan fingerprint density at radius 2 is 2.10 bits per heavy atom. The predicted molar refractivity (Wildman–Crippen MR) is 118 cm³/mol. The van der Waals surface area contributed by atoms with Gasteiger partial charge in [-0.15, -0.1) is 0 Å². The van der Waals surface area contributed by atoms with Crippen molar-refractivity contribution in [3.63, 3.8) is 0 Å². The average molecular weight is 419 g/mol. The number of hydrogen-bond donors (Lipinski definition) is 2. The molecule has 0 saturated heterocycles. The molecule has 1 aromatic carbocycles. The average Bonchev–Trinajstić information content (AvgIpc) is 3.10. The quantitative estimate of drug-likeness (QED) is 0.531. The van der Waals surface area contributed by atoms with E-state index in [4.69, 9.17) is 9.72 Å². The van der Waals surface area contributed by atoms with Crippen molar-refractivity contribution in [1.29, 1.82) is 0 Å². The van der Waals surface area contributed by atoms with Crippen molar-refractivity contribution >= 4 is 10.9 Å². The summed E-state index contributed by atoms with van der Waals surface area (Å²) in [5, 5.41) is 22.5. The second-order valence-electron chi connectivity index (χ2n) is 8.60. The highest BCUT2D eigenvalue weighted by molar-refractivity contribution is 5.88. The lowest BCUT2D eigenvalue weighted by atomic mass is 9.84. The molecule has 0 spiro atoms. The number of aromatic nitrogens is 2. The number of benzene rings is 1. The first kappa shape index (κ1) is 19.8. The zero-order chi connectivity index (χ0) is 22.1. The van der Waals surface area contributed by atoms with Gasteiger partial charge in [0.05, 0.1) is 29.0 Å². The van der Waals surface area contributed by atoms with Crippen LogP contribution in [0.3, 0.4) is 0 Å². The van der Waals surface area contributed by atoms with Gasteiger partial charge in [0.15, 0.2) is 0 Å². The molecule has 4 heterocycles. The Kier molecular flexibility index (Phi) is 4.26. The standard InChI is InChI=1S/C24H25N3O4/c1-5-24(30)13(2)31-12-17-18(24)9-20-22-14(10-27(20)23(17)29)8-15-16(11-26(3)4)21(28)7-6-19(15)25-22/h6-9,28,30H,2,5,10-12H2,1,3-4H3/t24-/m1/s1. The number of phenolic OH excluding ortho intramolecular Hbond substituents is 1. The highest BCUT2D eigenvalue weighted by atomic mass is 16.5. The lowest BCUT2D eigenvalue weighted by Gasteiger charge is -2.35. The minimum Gasteiger partial charge on any atom is -0.508 e. The van der Waals surface area contributed by atoms with Crippen LogP contribution in [-0.4, -0.2) is 38.8 Å². The van der Waals surface area contributed by atoms with Gasteiger partial charge in [-0.2, -0.15) is 0 Å². The van der Waals surface area contributed by atoms with Gasteiger partial charge >= 0.3 is 0 Å². The van der Waals surface area contributed by atoms with E-state index in [2.05, 4.69) is 6.58 Å². The first-order valence-corrected chi connectivity index (χ1v) is 10.4. The van der Waals surface area contributed by atoms with E-state index in [1.54, 1.807) is 16.7 Å². The third-order valence-corrected chi connectivity index (χ3v) is 6.42. The van der Waals surface area contributed by atoms with Crippen molar-refractivity contribution in [1.82, 2.24) is 14.5 Å². The Labute approximate surface area is 179 Å². The van der Waals surface area contributed by atoms with Gasteiger partial charge < -0.3 is 24.4 Å². The first-order valence-electron chi connectivity index (χ1n) is 10.4. The number of pyridine rings is 2. The molecule has 7 heteroatoms. The number of aliphatic hydroxyl groups is 1. The molecule has 0 bridgehead atoms. The van der Waals surface area contributed by atoms with Gasteiger partial charge in [0, 0.05) is 28.6 Å². The number of ether oxygens (including phenoxy) is 1. The molecule has 0 fully saturated rings. The second kappa shape index (κ2) is 6.67. The monoisotopic (exact) mass is 419 g/mol. The largest absolute Gasteiger partial charge is 0.508 e. The smallest absolute Gasteiger partial charge is 0.258 e. The van der Waals surface area contributed by atoms with Crippen molar-refractivity contribution in [2.45, 2.75) is 38.6 Å². The first-order chi connectivity index (χ1) is 14.7. The zero-order valence-corrected chi connectivity index (χ0v) is 17.9. The Hall–Kier alpha value is -3.16. The van der Waals surface area contributed by atoms with Crippen LogP contribution in [0.1, 0.15) is 35.6 Å². The van der Waals surface area contributed by atoms with Crippen LogP contribution in [0, 0.1) is 0 Å². The van der Waals surface area contributed by atoms with Gasteiger partial charge in [0.25, 0.3) is 5.56 Å². The molecule has 5 rings (SSSR count). The number of rotatable bonds is 3. The van der Waals surface area contributed by atoms with Crippen molar-refractivity contribution in [3.05, 3.63) is 69.2 Å². The number of hydrogen-bond acceptors (Lipinski definition) is 6.